The number of hydrogen-bond donors (Lipinski definition) is 2. The van der Waals surface area contributed by atoms with Gasteiger partial charge >= 0.3 is 0 Å². The lowest BCUT2D eigenvalue weighted by Gasteiger charge is -2.23. The predicted octanol–water partition coefficient (Wildman–Crippen LogP) is 1.16. The van der Waals surface area contributed by atoms with Crippen LogP contribution < -0.4 is 10.6 Å². The fourth-order valence-corrected chi connectivity index (χ4v) is 1.74. The summed E-state index contributed by atoms with van der Waals surface area (Å²) >= 11 is 0. The van der Waals surface area contributed by atoms with Gasteiger partial charge in [0.15, 0.2) is 0 Å². The molecule has 2 N–H and O–H groups in total. The highest BCUT2D eigenvalue weighted by Crippen LogP contribution is 1.93. The van der Waals surface area contributed by atoms with Gasteiger partial charge in [-0.05, 0) is 13.0 Å². The lowest BCUT2D eigenvalue weighted by molar-refractivity contribution is -0.870. The summed E-state index contributed by atoms with van der Waals surface area (Å²) in [6.07, 6.45) is 3.30. The summed E-state index contributed by atoms with van der Waals surface area (Å²) in [5.74, 6) is -0.127. The SMILES string of the molecule is C=C(C)C(=O)NCCC[N+](C)(C)C.C=CC(=O)NCCC[N+](C)(C)C. The van der Waals surface area contributed by atoms with Gasteiger partial charge in [-0.1, -0.05) is 13.2 Å². The minimum Gasteiger partial charge on any atom is -0.352 e. The maximum atomic E-state index is 11.1. The molecule has 0 bridgehead atoms. The van der Waals surface area contributed by atoms with Crippen molar-refractivity contribution in [1.82, 2.24) is 10.6 Å². The molecule has 0 saturated heterocycles. The quantitative estimate of drug-likeness (QED) is 0.351. The summed E-state index contributed by atoms with van der Waals surface area (Å²) in [7, 11) is 12.8. The van der Waals surface area contributed by atoms with Gasteiger partial charge in [0.05, 0.1) is 55.4 Å². The Morgan fingerprint density at radius 1 is 0.880 bits per heavy atom. The van der Waals surface area contributed by atoms with Gasteiger partial charge < -0.3 is 19.6 Å². The van der Waals surface area contributed by atoms with E-state index in [1.54, 1.807) is 6.92 Å². The molecule has 0 spiro atoms. The lowest BCUT2D eigenvalue weighted by Crippen LogP contribution is -2.37. The second-order valence-corrected chi connectivity index (χ2v) is 8.27. The molecule has 0 rings (SSSR count). The first-order valence-corrected chi connectivity index (χ1v) is 8.73. The van der Waals surface area contributed by atoms with Crippen molar-refractivity contribution in [2.75, 3.05) is 68.5 Å². The van der Waals surface area contributed by atoms with Gasteiger partial charge in [0, 0.05) is 31.5 Å². The first kappa shape index (κ1) is 25.6. The fraction of sp³-hybridized carbons (Fsp3) is 0.684. The minimum absolute atomic E-state index is 0.0404. The second kappa shape index (κ2) is 12.7. The summed E-state index contributed by atoms with van der Waals surface area (Å²) in [5, 5.41) is 5.54. The lowest BCUT2D eigenvalue weighted by atomic mass is 10.3. The van der Waals surface area contributed by atoms with Crippen LogP contribution in [0.25, 0.3) is 0 Å². The molecule has 0 radical (unpaired) electrons. The van der Waals surface area contributed by atoms with Crippen molar-refractivity contribution >= 4 is 11.8 Å². The average Bonchev–Trinajstić information content (AvgIpc) is 2.46. The molecule has 0 aliphatic heterocycles. The van der Waals surface area contributed by atoms with E-state index in [0.717, 1.165) is 48.0 Å². The van der Waals surface area contributed by atoms with Crippen molar-refractivity contribution in [3.63, 3.8) is 0 Å². The normalized spacial score (nSPS) is 11.0. The maximum Gasteiger partial charge on any atom is 0.246 e. The Morgan fingerprint density at radius 2 is 1.28 bits per heavy atom. The van der Waals surface area contributed by atoms with Gasteiger partial charge in [-0.2, -0.15) is 0 Å². The van der Waals surface area contributed by atoms with Gasteiger partial charge in [0.25, 0.3) is 0 Å². The Labute approximate surface area is 154 Å². The van der Waals surface area contributed by atoms with Crippen LogP contribution in [0, 0.1) is 0 Å². The van der Waals surface area contributed by atoms with Crippen LogP contribution in [0.4, 0.5) is 0 Å². The molecule has 0 aromatic heterocycles. The van der Waals surface area contributed by atoms with Crippen LogP contribution in [0.15, 0.2) is 24.8 Å². The molecule has 0 saturated carbocycles. The van der Waals surface area contributed by atoms with Crippen LogP contribution in [0.2, 0.25) is 0 Å². The van der Waals surface area contributed by atoms with Gasteiger partial charge in [0.2, 0.25) is 11.8 Å². The largest absolute Gasteiger partial charge is 0.352 e. The molecule has 0 aromatic carbocycles. The monoisotopic (exact) mass is 356 g/mol. The van der Waals surface area contributed by atoms with Gasteiger partial charge in [-0.3, -0.25) is 9.59 Å². The van der Waals surface area contributed by atoms with Crippen LogP contribution >= 0.6 is 0 Å². The minimum atomic E-state index is -0.0867. The van der Waals surface area contributed by atoms with E-state index in [1.807, 2.05) is 0 Å². The summed E-state index contributed by atoms with van der Waals surface area (Å²) < 4.78 is 1.87. The fourth-order valence-electron chi connectivity index (χ4n) is 1.74. The first-order valence-electron chi connectivity index (χ1n) is 8.73. The molecule has 6 nitrogen and oxygen atoms in total. The molecule has 0 heterocycles. The highest BCUT2D eigenvalue weighted by atomic mass is 16.2. The Bertz CT molecular complexity index is 432. The zero-order valence-corrected chi connectivity index (χ0v) is 17.4. The van der Waals surface area contributed by atoms with E-state index in [1.165, 1.54) is 6.08 Å². The third-order valence-electron chi connectivity index (χ3n) is 3.17. The number of rotatable bonds is 10. The van der Waals surface area contributed by atoms with Crippen LogP contribution in [0.1, 0.15) is 19.8 Å². The van der Waals surface area contributed by atoms with Crippen molar-refractivity contribution < 1.29 is 18.6 Å². The molecular formula is C19H40N4O2+2. The molecule has 0 aliphatic rings. The Balaban J connectivity index is 0. The Morgan fingerprint density at radius 3 is 1.60 bits per heavy atom. The highest BCUT2D eigenvalue weighted by Gasteiger charge is 2.07. The first-order chi connectivity index (χ1) is 11.3. The summed E-state index contributed by atoms with van der Waals surface area (Å²) in [4.78, 5) is 21.8. The second-order valence-electron chi connectivity index (χ2n) is 8.27. The molecule has 0 aromatic rings. The topological polar surface area (TPSA) is 58.2 Å². The summed E-state index contributed by atoms with van der Waals surface area (Å²) in [5.41, 5.74) is 0.574. The van der Waals surface area contributed by atoms with E-state index in [2.05, 4.69) is 66.1 Å². The maximum absolute atomic E-state index is 11.1. The molecule has 6 heteroatoms. The smallest absolute Gasteiger partial charge is 0.246 e. The van der Waals surface area contributed by atoms with Crippen LogP contribution in [0.3, 0.4) is 0 Å². The molecular weight excluding hydrogens is 316 g/mol. The van der Waals surface area contributed by atoms with Crippen molar-refractivity contribution in [2.24, 2.45) is 0 Å². The van der Waals surface area contributed by atoms with E-state index in [-0.39, 0.29) is 11.8 Å². The van der Waals surface area contributed by atoms with Gasteiger partial charge in [0.1, 0.15) is 0 Å². The number of nitrogens with one attached hydrogen (secondary N) is 2. The summed E-state index contributed by atoms with van der Waals surface area (Å²) in [6, 6.07) is 0. The van der Waals surface area contributed by atoms with Crippen molar-refractivity contribution in [3.8, 4) is 0 Å². The van der Waals surface area contributed by atoms with Crippen molar-refractivity contribution in [1.29, 1.82) is 0 Å². The Hall–Kier alpha value is -1.66. The molecule has 25 heavy (non-hydrogen) atoms. The number of nitrogens with zero attached hydrogens (tertiary/aromatic N) is 2. The Kier molecular flexibility index (Phi) is 13.0. The predicted molar refractivity (Wildman–Crippen MR) is 106 cm³/mol. The van der Waals surface area contributed by atoms with E-state index in [0.29, 0.717) is 5.57 Å². The van der Waals surface area contributed by atoms with E-state index in [4.69, 9.17) is 0 Å². The number of quaternary nitrogens is 2. The number of carbonyl (C=O) groups excluding carboxylic acids is 2. The van der Waals surface area contributed by atoms with Gasteiger partial charge in [-0.15, -0.1) is 0 Å². The zero-order chi connectivity index (χ0) is 20.1. The van der Waals surface area contributed by atoms with E-state index in [9.17, 15) is 9.59 Å². The molecule has 2 amide bonds. The molecule has 0 unspecified atom stereocenters. The van der Waals surface area contributed by atoms with Crippen molar-refractivity contribution in [2.45, 2.75) is 19.8 Å². The third-order valence-corrected chi connectivity index (χ3v) is 3.17. The summed E-state index contributed by atoms with van der Waals surface area (Å²) in [6.45, 7) is 12.3. The number of carbonyl (C=O) groups is 2. The molecule has 0 aliphatic carbocycles. The van der Waals surface area contributed by atoms with E-state index >= 15 is 0 Å². The highest BCUT2D eigenvalue weighted by molar-refractivity contribution is 5.92. The molecule has 146 valence electrons. The zero-order valence-electron chi connectivity index (χ0n) is 17.4. The third kappa shape index (κ3) is 22.3. The average molecular weight is 357 g/mol. The molecule has 0 atom stereocenters. The van der Waals surface area contributed by atoms with Crippen LogP contribution in [-0.4, -0.2) is 89.2 Å². The van der Waals surface area contributed by atoms with Crippen LogP contribution in [-0.2, 0) is 9.59 Å². The number of hydrogen-bond acceptors (Lipinski definition) is 2. The van der Waals surface area contributed by atoms with Crippen LogP contribution in [0.5, 0.6) is 0 Å². The van der Waals surface area contributed by atoms with Crippen molar-refractivity contribution in [3.05, 3.63) is 24.8 Å². The van der Waals surface area contributed by atoms with E-state index < -0.39 is 0 Å². The molecule has 0 fully saturated rings. The number of amides is 2. The standard InChI is InChI=1S/C10H20N2O.C9H18N2O/c1-9(2)10(13)11-7-6-8-12(3,4)5;1-5-9(12)10-7-6-8-11(2,3)4/h1,6-8H2,2-5H3;5H,1,6-8H2,2-4H3/p+2. The van der Waals surface area contributed by atoms with Gasteiger partial charge in [-0.25, -0.2) is 0 Å².